The SMILES string of the molecule is CCc1ccc(OCc2cnc(C)s2)cc1. The van der Waals surface area contributed by atoms with Crippen LogP contribution in [0.1, 0.15) is 22.4 Å². The fourth-order valence-electron chi connectivity index (χ4n) is 1.45. The van der Waals surface area contributed by atoms with E-state index >= 15 is 0 Å². The van der Waals surface area contributed by atoms with Gasteiger partial charge in [0.05, 0.1) is 9.88 Å². The van der Waals surface area contributed by atoms with E-state index in [1.54, 1.807) is 11.3 Å². The number of nitrogens with zero attached hydrogens (tertiary/aromatic N) is 1. The molecule has 0 spiro atoms. The summed E-state index contributed by atoms with van der Waals surface area (Å²) in [7, 11) is 0. The third-order valence-electron chi connectivity index (χ3n) is 2.38. The van der Waals surface area contributed by atoms with E-state index in [-0.39, 0.29) is 0 Å². The van der Waals surface area contributed by atoms with Gasteiger partial charge < -0.3 is 4.74 Å². The van der Waals surface area contributed by atoms with E-state index in [9.17, 15) is 0 Å². The lowest BCUT2D eigenvalue weighted by Gasteiger charge is -2.04. The molecule has 0 bridgehead atoms. The molecule has 0 saturated heterocycles. The lowest BCUT2D eigenvalue weighted by Crippen LogP contribution is -1.92. The van der Waals surface area contributed by atoms with E-state index in [1.165, 1.54) is 5.56 Å². The molecule has 0 saturated carbocycles. The van der Waals surface area contributed by atoms with Crippen LogP contribution in [0, 0.1) is 6.92 Å². The quantitative estimate of drug-likeness (QED) is 0.805. The number of hydrogen-bond donors (Lipinski definition) is 0. The van der Waals surface area contributed by atoms with Gasteiger partial charge in [0.2, 0.25) is 0 Å². The maximum Gasteiger partial charge on any atom is 0.124 e. The summed E-state index contributed by atoms with van der Waals surface area (Å²) in [6.45, 7) is 4.76. The first-order valence-electron chi connectivity index (χ1n) is 5.41. The molecule has 1 aromatic heterocycles. The summed E-state index contributed by atoms with van der Waals surface area (Å²) >= 11 is 1.68. The predicted octanol–water partition coefficient (Wildman–Crippen LogP) is 3.59. The zero-order valence-corrected chi connectivity index (χ0v) is 10.4. The Labute approximate surface area is 99.9 Å². The van der Waals surface area contributed by atoms with Gasteiger partial charge in [-0.05, 0) is 31.0 Å². The smallest absolute Gasteiger partial charge is 0.124 e. The largest absolute Gasteiger partial charge is 0.488 e. The molecule has 2 rings (SSSR count). The van der Waals surface area contributed by atoms with Crippen molar-refractivity contribution in [3.8, 4) is 5.75 Å². The predicted molar refractivity (Wildman–Crippen MR) is 67.0 cm³/mol. The van der Waals surface area contributed by atoms with Crippen molar-refractivity contribution < 1.29 is 4.74 Å². The van der Waals surface area contributed by atoms with Gasteiger partial charge in [0.1, 0.15) is 12.4 Å². The van der Waals surface area contributed by atoms with E-state index < -0.39 is 0 Å². The van der Waals surface area contributed by atoms with Crippen LogP contribution >= 0.6 is 11.3 Å². The molecule has 0 amide bonds. The van der Waals surface area contributed by atoms with E-state index in [0.29, 0.717) is 6.61 Å². The third-order valence-corrected chi connectivity index (χ3v) is 3.27. The number of thiazole rings is 1. The van der Waals surface area contributed by atoms with Gasteiger partial charge in [-0.25, -0.2) is 4.98 Å². The fourth-order valence-corrected chi connectivity index (χ4v) is 2.16. The first-order valence-corrected chi connectivity index (χ1v) is 6.22. The zero-order chi connectivity index (χ0) is 11.4. The van der Waals surface area contributed by atoms with Crippen molar-refractivity contribution in [1.82, 2.24) is 4.98 Å². The topological polar surface area (TPSA) is 22.1 Å². The van der Waals surface area contributed by atoms with E-state index in [0.717, 1.165) is 22.1 Å². The second kappa shape index (κ2) is 5.12. The number of hydrogen-bond acceptors (Lipinski definition) is 3. The maximum atomic E-state index is 5.68. The Balaban J connectivity index is 1.94. The van der Waals surface area contributed by atoms with Crippen molar-refractivity contribution >= 4 is 11.3 Å². The van der Waals surface area contributed by atoms with Crippen molar-refractivity contribution in [2.75, 3.05) is 0 Å². The monoisotopic (exact) mass is 233 g/mol. The Morgan fingerprint density at radius 1 is 1.25 bits per heavy atom. The molecule has 0 aliphatic carbocycles. The van der Waals surface area contributed by atoms with E-state index in [4.69, 9.17) is 4.74 Å². The molecule has 16 heavy (non-hydrogen) atoms. The number of aromatic nitrogens is 1. The highest BCUT2D eigenvalue weighted by Crippen LogP contribution is 2.17. The molecular weight excluding hydrogens is 218 g/mol. The van der Waals surface area contributed by atoms with Gasteiger partial charge in [-0.3, -0.25) is 0 Å². The number of aryl methyl sites for hydroxylation is 2. The molecule has 84 valence electrons. The van der Waals surface area contributed by atoms with Gasteiger partial charge in [0.25, 0.3) is 0 Å². The molecule has 2 aromatic rings. The molecular formula is C13H15NOS. The molecule has 0 atom stereocenters. The Hall–Kier alpha value is -1.35. The van der Waals surface area contributed by atoms with Crippen LogP contribution in [0.4, 0.5) is 0 Å². The van der Waals surface area contributed by atoms with Crippen LogP contribution in [0.25, 0.3) is 0 Å². The van der Waals surface area contributed by atoms with Crippen LogP contribution in [-0.2, 0) is 13.0 Å². The second-order valence-corrected chi connectivity index (χ2v) is 4.95. The molecule has 0 radical (unpaired) electrons. The summed E-state index contributed by atoms with van der Waals surface area (Å²) in [4.78, 5) is 5.36. The Morgan fingerprint density at radius 2 is 2.00 bits per heavy atom. The first kappa shape index (κ1) is 11.1. The zero-order valence-electron chi connectivity index (χ0n) is 9.56. The van der Waals surface area contributed by atoms with Crippen LogP contribution in [0.5, 0.6) is 5.75 Å². The fraction of sp³-hybridized carbons (Fsp3) is 0.308. The molecule has 0 unspecified atom stereocenters. The summed E-state index contributed by atoms with van der Waals surface area (Å²) in [6.07, 6.45) is 2.94. The van der Waals surface area contributed by atoms with Crippen molar-refractivity contribution in [3.63, 3.8) is 0 Å². The van der Waals surface area contributed by atoms with Crippen molar-refractivity contribution in [2.24, 2.45) is 0 Å². The average molecular weight is 233 g/mol. The highest BCUT2D eigenvalue weighted by atomic mass is 32.1. The molecule has 0 aliphatic rings. The van der Waals surface area contributed by atoms with Gasteiger partial charge >= 0.3 is 0 Å². The first-order chi connectivity index (χ1) is 7.78. The molecule has 0 aliphatic heterocycles. The van der Waals surface area contributed by atoms with Crippen LogP contribution in [0.15, 0.2) is 30.5 Å². The minimum atomic E-state index is 0.608. The van der Waals surface area contributed by atoms with Gasteiger partial charge in [0, 0.05) is 6.20 Å². The maximum absolute atomic E-state index is 5.68. The van der Waals surface area contributed by atoms with Crippen molar-refractivity contribution in [3.05, 3.63) is 45.9 Å². The van der Waals surface area contributed by atoms with Crippen LogP contribution < -0.4 is 4.74 Å². The summed E-state index contributed by atoms with van der Waals surface area (Å²) in [5.74, 6) is 0.920. The molecule has 0 fully saturated rings. The molecule has 2 nitrogen and oxygen atoms in total. The van der Waals surface area contributed by atoms with Gasteiger partial charge in [0.15, 0.2) is 0 Å². The van der Waals surface area contributed by atoms with Gasteiger partial charge in [-0.2, -0.15) is 0 Å². The van der Waals surface area contributed by atoms with Crippen LogP contribution in [-0.4, -0.2) is 4.98 Å². The lowest BCUT2D eigenvalue weighted by atomic mass is 10.2. The summed E-state index contributed by atoms with van der Waals surface area (Å²) in [5.41, 5.74) is 1.33. The number of ether oxygens (including phenoxy) is 1. The van der Waals surface area contributed by atoms with Crippen LogP contribution in [0.2, 0.25) is 0 Å². The number of benzene rings is 1. The van der Waals surface area contributed by atoms with Crippen molar-refractivity contribution in [1.29, 1.82) is 0 Å². The van der Waals surface area contributed by atoms with Gasteiger partial charge in [-0.15, -0.1) is 11.3 Å². The van der Waals surface area contributed by atoms with Crippen LogP contribution in [0.3, 0.4) is 0 Å². The molecule has 1 aromatic carbocycles. The van der Waals surface area contributed by atoms with Crippen molar-refractivity contribution in [2.45, 2.75) is 26.9 Å². The standard InChI is InChI=1S/C13H15NOS/c1-3-11-4-6-12(7-5-11)15-9-13-8-14-10(2)16-13/h4-8H,3,9H2,1-2H3. The minimum absolute atomic E-state index is 0.608. The second-order valence-electron chi connectivity index (χ2n) is 3.63. The summed E-state index contributed by atoms with van der Waals surface area (Å²) in [5, 5.41) is 1.08. The Morgan fingerprint density at radius 3 is 2.56 bits per heavy atom. The molecule has 0 N–H and O–H groups in total. The average Bonchev–Trinajstić information content (AvgIpc) is 2.73. The summed E-state index contributed by atoms with van der Waals surface area (Å²) < 4.78 is 5.68. The highest BCUT2D eigenvalue weighted by molar-refractivity contribution is 7.11. The Bertz CT molecular complexity index is 447. The molecule has 3 heteroatoms. The Kier molecular flexibility index (Phi) is 3.57. The third kappa shape index (κ3) is 2.83. The van der Waals surface area contributed by atoms with Gasteiger partial charge in [-0.1, -0.05) is 19.1 Å². The lowest BCUT2D eigenvalue weighted by molar-refractivity contribution is 0.309. The van der Waals surface area contributed by atoms with E-state index in [1.807, 2.05) is 25.3 Å². The highest BCUT2D eigenvalue weighted by Gasteiger charge is 1.99. The molecule has 1 heterocycles. The van der Waals surface area contributed by atoms with E-state index in [2.05, 4.69) is 24.0 Å². The normalized spacial score (nSPS) is 10.4. The number of rotatable bonds is 4. The minimum Gasteiger partial charge on any atom is -0.488 e. The summed E-state index contributed by atoms with van der Waals surface area (Å²) in [6, 6.07) is 8.25.